The number of benzene rings is 4. The third-order valence-electron chi connectivity index (χ3n) is 8.42. The standard InChI is InChI=1S/C38H43N3O6/c1-45-38(44)41-36(35(29-16-7-3-8-17-29)30-18-9-4-10-19-30)37(43)40-32-20-12-11-15-28(32)21-22-31-23-39-33(34(24-42)47-31)26-46-25-27-13-5-2-6-14-27/h2-20,31,33-36,39,42H,21-26H2,1H3,(H,40,43)(H,41,44)/t31-,33-,34-,36+/m1/s1. The number of anilines is 1. The molecule has 0 aliphatic carbocycles. The minimum absolute atomic E-state index is 0.117. The lowest BCUT2D eigenvalue weighted by Crippen LogP contribution is -2.55. The van der Waals surface area contributed by atoms with Crippen LogP contribution in [0.1, 0.15) is 34.6 Å². The summed E-state index contributed by atoms with van der Waals surface area (Å²) >= 11 is 0. The summed E-state index contributed by atoms with van der Waals surface area (Å²) in [5.74, 6) is -0.833. The summed E-state index contributed by atoms with van der Waals surface area (Å²) in [5.41, 5.74) is 4.45. The number of ether oxygens (including phenoxy) is 3. The molecule has 5 rings (SSSR count). The maximum atomic E-state index is 14.0. The van der Waals surface area contributed by atoms with Crippen molar-refractivity contribution in [3.05, 3.63) is 138 Å². The van der Waals surface area contributed by atoms with E-state index in [1.807, 2.05) is 115 Å². The Morgan fingerprint density at radius 3 is 2.15 bits per heavy atom. The summed E-state index contributed by atoms with van der Waals surface area (Å²) in [5, 5.41) is 19.4. The van der Waals surface area contributed by atoms with Crippen LogP contribution < -0.4 is 16.0 Å². The number of hydrogen-bond acceptors (Lipinski definition) is 7. The van der Waals surface area contributed by atoms with E-state index in [0.717, 1.165) is 22.3 Å². The van der Waals surface area contributed by atoms with Gasteiger partial charge in [-0.15, -0.1) is 0 Å². The van der Waals surface area contributed by atoms with Crippen molar-refractivity contribution < 1.29 is 28.9 Å². The molecule has 9 nitrogen and oxygen atoms in total. The molecule has 0 spiro atoms. The zero-order valence-corrected chi connectivity index (χ0v) is 26.6. The van der Waals surface area contributed by atoms with Crippen molar-refractivity contribution in [2.75, 3.05) is 32.2 Å². The van der Waals surface area contributed by atoms with Crippen LogP contribution in [-0.2, 0) is 32.0 Å². The average Bonchev–Trinajstić information content (AvgIpc) is 3.12. The first-order chi connectivity index (χ1) is 23.1. The predicted molar refractivity (Wildman–Crippen MR) is 181 cm³/mol. The van der Waals surface area contributed by atoms with Gasteiger partial charge in [-0.3, -0.25) is 4.79 Å². The van der Waals surface area contributed by atoms with Crippen LogP contribution in [0.15, 0.2) is 115 Å². The number of amides is 2. The van der Waals surface area contributed by atoms with Crippen molar-refractivity contribution in [2.45, 2.75) is 49.7 Å². The topological polar surface area (TPSA) is 118 Å². The van der Waals surface area contributed by atoms with Crippen LogP contribution in [-0.4, -0.2) is 68.3 Å². The van der Waals surface area contributed by atoms with Crippen molar-refractivity contribution in [3.8, 4) is 0 Å². The van der Waals surface area contributed by atoms with Crippen molar-refractivity contribution >= 4 is 17.7 Å². The van der Waals surface area contributed by atoms with Gasteiger partial charge in [-0.25, -0.2) is 4.79 Å². The number of morpholine rings is 1. The average molecular weight is 638 g/mol. The smallest absolute Gasteiger partial charge is 0.407 e. The van der Waals surface area contributed by atoms with Crippen LogP contribution in [0, 0.1) is 0 Å². The Hall–Kier alpha value is -4.54. The Kier molecular flexibility index (Phi) is 12.5. The van der Waals surface area contributed by atoms with Gasteiger partial charge < -0.3 is 35.3 Å². The molecule has 0 bridgehead atoms. The van der Waals surface area contributed by atoms with Gasteiger partial charge in [0.05, 0.1) is 45.2 Å². The molecule has 1 aliphatic heterocycles. The molecule has 1 fully saturated rings. The number of carbonyl (C=O) groups is 2. The lowest BCUT2D eigenvalue weighted by molar-refractivity contribution is -0.118. The molecule has 2 amide bonds. The number of nitrogens with one attached hydrogen (secondary N) is 3. The number of para-hydroxylation sites is 1. The number of carbonyl (C=O) groups excluding carboxylic acids is 2. The minimum Gasteiger partial charge on any atom is -0.453 e. The van der Waals surface area contributed by atoms with E-state index in [1.165, 1.54) is 7.11 Å². The Labute approximate surface area is 276 Å². The molecule has 47 heavy (non-hydrogen) atoms. The number of hydrogen-bond donors (Lipinski definition) is 4. The first kappa shape index (κ1) is 33.8. The van der Waals surface area contributed by atoms with Crippen molar-refractivity contribution in [1.82, 2.24) is 10.6 Å². The predicted octanol–water partition coefficient (Wildman–Crippen LogP) is 5.05. The second-order valence-electron chi connectivity index (χ2n) is 11.6. The zero-order chi connectivity index (χ0) is 32.8. The van der Waals surface area contributed by atoms with Gasteiger partial charge in [0.1, 0.15) is 6.04 Å². The number of rotatable bonds is 14. The van der Waals surface area contributed by atoms with E-state index in [4.69, 9.17) is 14.2 Å². The summed E-state index contributed by atoms with van der Waals surface area (Å²) in [6.07, 6.45) is 0.0908. The highest BCUT2D eigenvalue weighted by atomic mass is 16.5. The molecule has 1 heterocycles. The normalized spacial score (nSPS) is 18.3. The second kappa shape index (κ2) is 17.4. The molecule has 4 N–H and O–H groups in total. The van der Waals surface area contributed by atoms with Crippen LogP contribution in [0.4, 0.5) is 10.5 Å². The van der Waals surface area contributed by atoms with Gasteiger partial charge in [0, 0.05) is 18.2 Å². The van der Waals surface area contributed by atoms with Gasteiger partial charge >= 0.3 is 6.09 Å². The molecule has 1 saturated heterocycles. The number of aliphatic hydroxyl groups is 1. The first-order valence-electron chi connectivity index (χ1n) is 16.0. The van der Waals surface area contributed by atoms with Crippen molar-refractivity contribution in [2.24, 2.45) is 0 Å². The quantitative estimate of drug-likeness (QED) is 0.153. The maximum absolute atomic E-state index is 14.0. The van der Waals surface area contributed by atoms with Crippen molar-refractivity contribution in [3.63, 3.8) is 0 Å². The summed E-state index contributed by atoms with van der Waals surface area (Å²) in [6.45, 7) is 1.42. The molecule has 246 valence electrons. The molecule has 9 heteroatoms. The van der Waals surface area contributed by atoms with Gasteiger partial charge in [0.25, 0.3) is 0 Å². The van der Waals surface area contributed by atoms with Gasteiger partial charge in [0.15, 0.2) is 0 Å². The number of aryl methyl sites for hydroxylation is 1. The third kappa shape index (κ3) is 9.49. The maximum Gasteiger partial charge on any atom is 0.407 e. The largest absolute Gasteiger partial charge is 0.453 e. The first-order valence-corrected chi connectivity index (χ1v) is 16.0. The summed E-state index contributed by atoms with van der Waals surface area (Å²) in [6, 6.07) is 35.8. The van der Waals surface area contributed by atoms with Crippen LogP contribution in [0.25, 0.3) is 0 Å². The SMILES string of the molecule is COC(=O)N[C@H](C(=O)Nc1ccccc1CC[C@@H]1CN[C@H](COCc2ccccc2)[C@@H](CO)O1)C(c1ccccc1)c1ccccc1. The van der Waals surface area contributed by atoms with Crippen LogP contribution in [0.2, 0.25) is 0 Å². The van der Waals surface area contributed by atoms with Gasteiger partial charge in [0.2, 0.25) is 5.91 Å². The fraction of sp³-hybridized carbons (Fsp3) is 0.316. The molecular formula is C38H43N3O6. The van der Waals surface area contributed by atoms with Crippen LogP contribution in [0.5, 0.6) is 0 Å². The highest BCUT2D eigenvalue weighted by Crippen LogP contribution is 2.30. The van der Waals surface area contributed by atoms with E-state index in [2.05, 4.69) is 16.0 Å². The highest BCUT2D eigenvalue weighted by Gasteiger charge is 2.34. The third-order valence-corrected chi connectivity index (χ3v) is 8.42. The Balaban J connectivity index is 1.24. The van der Waals surface area contributed by atoms with Crippen molar-refractivity contribution in [1.29, 1.82) is 0 Å². The molecular weight excluding hydrogens is 594 g/mol. The van der Waals surface area contributed by atoms with E-state index >= 15 is 0 Å². The van der Waals surface area contributed by atoms with E-state index in [0.29, 0.717) is 38.3 Å². The zero-order valence-electron chi connectivity index (χ0n) is 26.6. The number of aliphatic hydroxyl groups excluding tert-OH is 1. The highest BCUT2D eigenvalue weighted by molar-refractivity contribution is 5.98. The molecule has 4 aromatic rings. The Morgan fingerprint density at radius 1 is 0.894 bits per heavy atom. The van der Waals surface area contributed by atoms with Gasteiger partial charge in [-0.1, -0.05) is 109 Å². The molecule has 0 saturated carbocycles. The van der Waals surface area contributed by atoms with E-state index < -0.39 is 24.2 Å². The van der Waals surface area contributed by atoms with E-state index in [1.54, 1.807) is 0 Å². The molecule has 4 atom stereocenters. The molecule has 0 unspecified atom stereocenters. The van der Waals surface area contributed by atoms with Gasteiger partial charge in [-0.05, 0) is 41.2 Å². The van der Waals surface area contributed by atoms with E-state index in [9.17, 15) is 14.7 Å². The van der Waals surface area contributed by atoms with Crippen LogP contribution >= 0.6 is 0 Å². The molecule has 0 aromatic heterocycles. The lowest BCUT2D eigenvalue weighted by atomic mass is 9.84. The number of methoxy groups -OCH3 is 1. The molecule has 0 radical (unpaired) electrons. The summed E-state index contributed by atoms with van der Waals surface area (Å²) in [7, 11) is 1.28. The lowest BCUT2D eigenvalue weighted by Gasteiger charge is -2.36. The molecule has 4 aromatic carbocycles. The second-order valence-corrected chi connectivity index (χ2v) is 11.6. The van der Waals surface area contributed by atoms with E-state index in [-0.39, 0.29) is 24.7 Å². The Morgan fingerprint density at radius 2 is 1.51 bits per heavy atom. The fourth-order valence-electron chi connectivity index (χ4n) is 5.96. The summed E-state index contributed by atoms with van der Waals surface area (Å²) < 4.78 is 17.1. The molecule has 1 aliphatic rings. The van der Waals surface area contributed by atoms with Crippen LogP contribution in [0.3, 0.4) is 0 Å². The van der Waals surface area contributed by atoms with Gasteiger partial charge in [-0.2, -0.15) is 0 Å². The fourth-order valence-corrected chi connectivity index (χ4v) is 5.96. The summed E-state index contributed by atoms with van der Waals surface area (Å²) in [4.78, 5) is 26.6. The monoisotopic (exact) mass is 637 g/mol. The minimum atomic E-state index is -0.961. The number of alkyl carbamates (subject to hydrolysis) is 1. The Bertz CT molecular complexity index is 1500.